The molecule has 1 amide bonds. The Morgan fingerprint density at radius 2 is 2.16 bits per heavy atom. The van der Waals surface area contributed by atoms with Gasteiger partial charge in [0, 0.05) is 19.6 Å². The third-order valence-corrected chi connectivity index (χ3v) is 4.56. The third kappa shape index (κ3) is 3.39. The van der Waals surface area contributed by atoms with Crippen molar-refractivity contribution in [2.45, 2.75) is 25.6 Å². The maximum atomic E-state index is 12.9. The fourth-order valence-corrected chi connectivity index (χ4v) is 3.02. The highest BCUT2D eigenvalue weighted by Gasteiger charge is 2.31. The van der Waals surface area contributed by atoms with Crippen LogP contribution < -0.4 is 5.32 Å². The second kappa shape index (κ2) is 6.51. The number of likely N-dealkylation sites (N-methyl/N-ethyl adjacent to an activating group) is 1. The Hall–Kier alpha value is -2.35. The Morgan fingerprint density at radius 1 is 1.40 bits per heavy atom. The lowest BCUT2D eigenvalue weighted by Crippen LogP contribution is -2.38. The van der Waals surface area contributed by atoms with Gasteiger partial charge in [0.1, 0.15) is 0 Å². The largest absolute Gasteiger partial charge is 0.416 e. The van der Waals surface area contributed by atoms with Gasteiger partial charge in [-0.25, -0.2) is 4.68 Å². The molecule has 1 unspecified atom stereocenters. The van der Waals surface area contributed by atoms with E-state index in [1.807, 2.05) is 0 Å². The monoisotopic (exact) mass is 352 g/mol. The molecule has 1 aromatic carbocycles. The minimum atomic E-state index is -4.43. The highest BCUT2D eigenvalue weighted by atomic mass is 19.4. The van der Waals surface area contributed by atoms with Gasteiger partial charge >= 0.3 is 6.18 Å². The second-order valence-corrected chi connectivity index (χ2v) is 6.17. The molecule has 0 aliphatic carbocycles. The van der Waals surface area contributed by atoms with Crippen molar-refractivity contribution in [1.82, 2.24) is 20.0 Å². The number of amides is 1. The number of hydrogen-bond acceptors (Lipinski definition) is 3. The molecule has 1 aromatic heterocycles. The van der Waals surface area contributed by atoms with E-state index < -0.39 is 11.7 Å². The van der Waals surface area contributed by atoms with Crippen LogP contribution in [-0.2, 0) is 6.18 Å². The first-order valence-electron chi connectivity index (χ1n) is 7.99. The molecule has 1 fully saturated rings. The molecule has 2 aromatic rings. The average molecular weight is 352 g/mol. The van der Waals surface area contributed by atoms with Crippen LogP contribution in [-0.4, -0.2) is 46.8 Å². The van der Waals surface area contributed by atoms with E-state index in [2.05, 4.69) is 10.4 Å². The number of carbonyl (C=O) groups is 1. The molecule has 0 bridgehead atoms. The summed E-state index contributed by atoms with van der Waals surface area (Å²) in [5.74, 6) is -0.176. The standard InChI is InChI=1S/C17H19F3N4O/c1-11-15(16(25)23(2)14-6-7-21-9-14)10-22-24(11)13-5-3-4-12(8-13)17(18,19)20/h3-5,8,10,14,21H,6-7,9H2,1-2H3. The van der Waals surface area contributed by atoms with Gasteiger partial charge in [-0.3, -0.25) is 4.79 Å². The van der Waals surface area contributed by atoms with E-state index in [0.29, 0.717) is 11.3 Å². The van der Waals surface area contributed by atoms with Crippen molar-refractivity contribution in [3.63, 3.8) is 0 Å². The van der Waals surface area contributed by atoms with Gasteiger partial charge in [-0.15, -0.1) is 0 Å². The van der Waals surface area contributed by atoms with Crippen molar-refractivity contribution in [2.75, 3.05) is 20.1 Å². The summed E-state index contributed by atoms with van der Waals surface area (Å²) in [6, 6.07) is 5.02. The van der Waals surface area contributed by atoms with Crippen LogP contribution in [0.3, 0.4) is 0 Å². The fourth-order valence-electron chi connectivity index (χ4n) is 3.02. The van der Waals surface area contributed by atoms with E-state index in [-0.39, 0.29) is 17.6 Å². The highest BCUT2D eigenvalue weighted by molar-refractivity contribution is 5.95. The van der Waals surface area contributed by atoms with E-state index in [1.54, 1.807) is 18.9 Å². The topological polar surface area (TPSA) is 50.2 Å². The van der Waals surface area contributed by atoms with Crippen molar-refractivity contribution in [3.05, 3.63) is 47.3 Å². The molecule has 1 N–H and O–H groups in total. The molecule has 1 aliphatic heterocycles. The Kier molecular flexibility index (Phi) is 4.55. The van der Waals surface area contributed by atoms with Gasteiger partial charge in [0.15, 0.2) is 0 Å². The molecule has 3 rings (SSSR count). The molecule has 8 heteroatoms. The van der Waals surface area contributed by atoms with Crippen LogP contribution in [0.4, 0.5) is 13.2 Å². The van der Waals surface area contributed by atoms with Gasteiger partial charge in [0.2, 0.25) is 0 Å². The first-order chi connectivity index (χ1) is 11.8. The van der Waals surface area contributed by atoms with E-state index in [4.69, 9.17) is 0 Å². The molecule has 25 heavy (non-hydrogen) atoms. The molecule has 2 heterocycles. The number of carbonyl (C=O) groups excluding carboxylic acids is 1. The summed E-state index contributed by atoms with van der Waals surface area (Å²) in [5.41, 5.74) is 0.437. The zero-order valence-corrected chi connectivity index (χ0v) is 14.0. The van der Waals surface area contributed by atoms with Gasteiger partial charge in [0.25, 0.3) is 5.91 Å². The summed E-state index contributed by atoms with van der Waals surface area (Å²) in [6.07, 6.45) is -2.13. The molecule has 1 atom stereocenters. The molecule has 134 valence electrons. The Balaban J connectivity index is 1.90. The van der Waals surface area contributed by atoms with Crippen LogP contribution in [0.25, 0.3) is 5.69 Å². The van der Waals surface area contributed by atoms with Crippen molar-refractivity contribution in [3.8, 4) is 5.69 Å². The molecule has 0 spiro atoms. The Labute approximate surface area is 143 Å². The number of benzene rings is 1. The molecular formula is C17H19F3N4O. The minimum Gasteiger partial charge on any atom is -0.337 e. The number of nitrogens with zero attached hydrogens (tertiary/aromatic N) is 3. The quantitative estimate of drug-likeness (QED) is 0.924. The van der Waals surface area contributed by atoms with E-state index in [1.165, 1.54) is 23.0 Å². The second-order valence-electron chi connectivity index (χ2n) is 6.17. The van der Waals surface area contributed by atoms with E-state index in [0.717, 1.165) is 31.6 Å². The Bertz CT molecular complexity index is 778. The van der Waals surface area contributed by atoms with Crippen LogP contribution in [0.2, 0.25) is 0 Å². The zero-order chi connectivity index (χ0) is 18.2. The van der Waals surface area contributed by atoms with Crippen molar-refractivity contribution >= 4 is 5.91 Å². The van der Waals surface area contributed by atoms with Gasteiger partial charge in [-0.05, 0) is 38.1 Å². The lowest BCUT2D eigenvalue weighted by Gasteiger charge is -2.23. The van der Waals surface area contributed by atoms with Crippen molar-refractivity contribution < 1.29 is 18.0 Å². The maximum Gasteiger partial charge on any atom is 0.416 e. The Morgan fingerprint density at radius 3 is 2.80 bits per heavy atom. The van der Waals surface area contributed by atoms with Gasteiger partial charge < -0.3 is 10.2 Å². The predicted molar refractivity (Wildman–Crippen MR) is 86.7 cm³/mol. The summed E-state index contributed by atoms with van der Waals surface area (Å²) in [5, 5.41) is 7.33. The summed E-state index contributed by atoms with van der Waals surface area (Å²) in [6.45, 7) is 3.29. The first kappa shape index (κ1) is 17.5. The van der Waals surface area contributed by atoms with Gasteiger partial charge in [-0.2, -0.15) is 18.3 Å². The SMILES string of the molecule is Cc1c(C(=O)N(C)C2CCNC2)cnn1-c1cccc(C(F)(F)F)c1. The lowest BCUT2D eigenvalue weighted by atomic mass is 10.1. The lowest BCUT2D eigenvalue weighted by molar-refractivity contribution is -0.137. The number of alkyl halides is 3. The van der Waals surface area contributed by atoms with Crippen LogP contribution in [0, 0.1) is 6.92 Å². The van der Waals surface area contributed by atoms with E-state index in [9.17, 15) is 18.0 Å². The molecule has 1 saturated heterocycles. The normalized spacial score (nSPS) is 17.7. The molecular weight excluding hydrogens is 333 g/mol. The number of nitrogens with one attached hydrogen (secondary N) is 1. The molecule has 1 aliphatic rings. The summed E-state index contributed by atoms with van der Waals surface area (Å²) in [7, 11) is 1.74. The third-order valence-electron chi connectivity index (χ3n) is 4.56. The number of aromatic nitrogens is 2. The minimum absolute atomic E-state index is 0.115. The maximum absolute atomic E-state index is 12.9. The van der Waals surface area contributed by atoms with Crippen LogP contribution in [0.15, 0.2) is 30.5 Å². The van der Waals surface area contributed by atoms with Gasteiger partial charge in [0.05, 0.1) is 28.7 Å². The predicted octanol–water partition coefficient (Wildman–Crippen LogP) is 2.63. The van der Waals surface area contributed by atoms with Gasteiger partial charge in [-0.1, -0.05) is 6.07 Å². The number of rotatable bonds is 3. The van der Waals surface area contributed by atoms with Crippen molar-refractivity contribution in [1.29, 1.82) is 0 Å². The average Bonchev–Trinajstić information content (AvgIpc) is 3.22. The molecule has 0 radical (unpaired) electrons. The summed E-state index contributed by atoms with van der Waals surface area (Å²) >= 11 is 0. The smallest absolute Gasteiger partial charge is 0.337 e. The number of hydrogen-bond donors (Lipinski definition) is 1. The number of halogens is 3. The first-order valence-corrected chi connectivity index (χ1v) is 7.99. The summed E-state index contributed by atoms with van der Waals surface area (Å²) < 4.78 is 40.1. The zero-order valence-electron chi connectivity index (χ0n) is 14.0. The molecule has 5 nitrogen and oxygen atoms in total. The van der Waals surface area contributed by atoms with Crippen LogP contribution in [0.5, 0.6) is 0 Å². The van der Waals surface area contributed by atoms with Crippen LogP contribution >= 0.6 is 0 Å². The summed E-state index contributed by atoms with van der Waals surface area (Å²) in [4.78, 5) is 14.4. The highest BCUT2D eigenvalue weighted by Crippen LogP contribution is 2.30. The van der Waals surface area contributed by atoms with E-state index >= 15 is 0 Å². The fraction of sp³-hybridized carbons (Fsp3) is 0.412. The molecule has 0 saturated carbocycles. The van der Waals surface area contributed by atoms with Crippen molar-refractivity contribution in [2.24, 2.45) is 0 Å². The van der Waals surface area contributed by atoms with Crippen LogP contribution in [0.1, 0.15) is 28.0 Å².